The van der Waals surface area contributed by atoms with E-state index >= 15 is 0 Å². The van der Waals surface area contributed by atoms with Crippen LogP contribution in [0, 0.1) is 11.3 Å². The average Bonchev–Trinajstić information content (AvgIpc) is 2.30. The minimum Gasteiger partial charge on any atom is -0.299 e. The number of hydrogen-bond acceptors (Lipinski definition) is 2. The number of carbonyl (C=O) groups excluding carboxylic acids is 2. The van der Waals surface area contributed by atoms with Gasteiger partial charge in [0.1, 0.15) is 11.6 Å². The van der Waals surface area contributed by atoms with Crippen LogP contribution in [0.1, 0.15) is 46.5 Å². The summed E-state index contributed by atoms with van der Waals surface area (Å²) in [6, 6.07) is 0. The molecule has 1 atom stereocenters. The summed E-state index contributed by atoms with van der Waals surface area (Å²) in [7, 11) is 0. The molecule has 1 aliphatic rings. The molecular formula is C11H18O2. The average molecular weight is 182 g/mol. The molecule has 0 aromatic heterocycles. The van der Waals surface area contributed by atoms with E-state index in [-0.39, 0.29) is 22.9 Å². The van der Waals surface area contributed by atoms with E-state index in [4.69, 9.17) is 0 Å². The van der Waals surface area contributed by atoms with Crippen LogP contribution in [0.25, 0.3) is 0 Å². The third kappa shape index (κ3) is 2.94. The molecule has 0 spiro atoms. The topological polar surface area (TPSA) is 34.1 Å². The quantitative estimate of drug-likeness (QED) is 0.614. The molecule has 0 aromatic carbocycles. The van der Waals surface area contributed by atoms with Gasteiger partial charge in [-0.05, 0) is 18.3 Å². The van der Waals surface area contributed by atoms with Crippen LogP contribution in [0.4, 0.5) is 0 Å². The second-order valence-corrected chi connectivity index (χ2v) is 5.11. The van der Waals surface area contributed by atoms with Gasteiger partial charge in [0.25, 0.3) is 0 Å². The molecule has 0 N–H and O–H groups in total. The molecule has 2 nitrogen and oxygen atoms in total. The second-order valence-electron chi connectivity index (χ2n) is 5.11. The molecule has 0 saturated heterocycles. The monoisotopic (exact) mass is 182 g/mol. The van der Waals surface area contributed by atoms with Gasteiger partial charge in [0.05, 0.1) is 5.92 Å². The van der Waals surface area contributed by atoms with Crippen LogP contribution in [-0.4, -0.2) is 11.6 Å². The summed E-state index contributed by atoms with van der Waals surface area (Å²) in [6.45, 7) is 6.10. The van der Waals surface area contributed by atoms with Crippen molar-refractivity contribution in [3.05, 3.63) is 0 Å². The zero-order valence-electron chi connectivity index (χ0n) is 8.72. The van der Waals surface area contributed by atoms with Crippen molar-refractivity contribution in [3.8, 4) is 0 Å². The highest BCUT2D eigenvalue weighted by Crippen LogP contribution is 2.28. The van der Waals surface area contributed by atoms with Crippen LogP contribution >= 0.6 is 0 Å². The minimum absolute atomic E-state index is 0.0138. The largest absolute Gasteiger partial charge is 0.299 e. The molecule has 0 aromatic rings. The number of ketones is 2. The molecule has 2 heteroatoms. The Kier molecular flexibility index (Phi) is 2.89. The van der Waals surface area contributed by atoms with E-state index in [1.807, 2.05) is 20.8 Å². The van der Waals surface area contributed by atoms with E-state index in [0.29, 0.717) is 12.8 Å². The highest BCUT2D eigenvalue weighted by molar-refractivity contribution is 6.03. The van der Waals surface area contributed by atoms with E-state index in [9.17, 15) is 9.59 Å². The molecule has 13 heavy (non-hydrogen) atoms. The Morgan fingerprint density at radius 3 is 2.46 bits per heavy atom. The Bertz CT molecular complexity index is 223. The van der Waals surface area contributed by atoms with E-state index in [2.05, 4.69) is 0 Å². The summed E-state index contributed by atoms with van der Waals surface area (Å²) in [6.07, 6.45) is 2.83. The molecule has 1 fully saturated rings. The van der Waals surface area contributed by atoms with Gasteiger partial charge in [-0.25, -0.2) is 0 Å². The predicted molar refractivity (Wildman–Crippen MR) is 51.4 cm³/mol. The predicted octanol–water partition coefficient (Wildman–Crippen LogP) is 2.36. The van der Waals surface area contributed by atoms with Gasteiger partial charge in [-0.15, -0.1) is 0 Å². The first-order valence-electron chi connectivity index (χ1n) is 4.95. The minimum atomic E-state index is -0.265. The van der Waals surface area contributed by atoms with Crippen LogP contribution in [0.5, 0.6) is 0 Å². The van der Waals surface area contributed by atoms with Crippen LogP contribution in [0.3, 0.4) is 0 Å². The normalized spacial score (nSPS) is 23.6. The van der Waals surface area contributed by atoms with E-state index in [1.54, 1.807) is 0 Å². The first-order chi connectivity index (χ1) is 5.90. The van der Waals surface area contributed by atoms with Crippen molar-refractivity contribution in [3.63, 3.8) is 0 Å². The Balaban J connectivity index is 2.53. The summed E-state index contributed by atoms with van der Waals surface area (Å²) >= 11 is 0. The molecule has 0 bridgehead atoms. The lowest BCUT2D eigenvalue weighted by Gasteiger charge is -2.18. The molecule has 1 saturated carbocycles. The summed E-state index contributed by atoms with van der Waals surface area (Å²) in [5.74, 6) is 0.0449. The number of hydrogen-bond donors (Lipinski definition) is 0. The molecule has 0 radical (unpaired) electrons. The standard InChI is InChI=1S/C11H18O2/c1-11(2,3)7-10(13)8-5-4-6-9(8)12/h8H,4-7H2,1-3H3. The maximum atomic E-state index is 11.7. The first kappa shape index (κ1) is 10.4. The van der Waals surface area contributed by atoms with Gasteiger partial charge in [0.2, 0.25) is 0 Å². The van der Waals surface area contributed by atoms with Crippen molar-refractivity contribution in [1.29, 1.82) is 0 Å². The Labute approximate surface area is 79.7 Å². The number of Topliss-reactive ketones (excluding diaryl/α,β-unsaturated/α-hetero) is 2. The number of carbonyl (C=O) groups is 2. The van der Waals surface area contributed by atoms with Crippen molar-refractivity contribution in [1.82, 2.24) is 0 Å². The highest BCUT2D eigenvalue weighted by Gasteiger charge is 2.32. The summed E-state index contributed by atoms with van der Waals surface area (Å²) in [5.41, 5.74) is 0.0138. The van der Waals surface area contributed by atoms with Gasteiger partial charge in [-0.1, -0.05) is 20.8 Å². The Morgan fingerprint density at radius 2 is 2.08 bits per heavy atom. The third-order valence-electron chi connectivity index (χ3n) is 2.40. The fraction of sp³-hybridized carbons (Fsp3) is 0.818. The molecule has 0 amide bonds. The number of rotatable bonds is 2. The lowest BCUT2D eigenvalue weighted by molar-refractivity contribution is -0.131. The Morgan fingerprint density at radius 1 is 1.46 bits per heavy atom. The van der Waals surface area contributed by atoms with Crippen LogP contribution in [0.15, 0.2) is 0 Å². The van der Waals surface area contributed by atoms with Gasteiger partial charge < -0.3 is 0 Å². The van der Waals surface area contributed by atoms with Crippen LogP contribution in [-0.2, 0) is 9.59 Å². The first-order valence-corrected chi connectivity index (χ1v) is 4.95. The second kappa shape index (κ2) is 3.60. The maximum Gasteiger partial charge on any atom is 0.143 e. The van der Waals surface area contributed by atoms with Crippen molar-refractivity contribution in [2.45, 2.75) is 46.5 Å². The van der Waals surface area contributed by atoms with E-state index in [1.165, 1.54) is 0 Å². The molecular weight excluding hydrogens is 164 g/mol. The van der Waals surface area contributed by atoms with Gasteiger partial charge in [0, 0.05) is 12.8 Å². The zero-order chi connectivity index (χ0) is 10.1. The summed E-state index contributed by atoms with van der Waals surface area (Å²) in [4.78, 5) is 22.9. The lowest BCUT2D eigenvalue weighted by atomic mass is 9.85. The fourth-order valence-electron chi connectivity index (χ4n) is 1.80. The van der Waals surface area contributed by atoms with Crippen LogP contribution in [0.2, 0.25) is 0 Å². The Hall–Kier alpha value is -0.660. The van der Waals surface area contributed by atoms with Crippen molar-refractivity contribution in [2.75, 3.05) is 0 Å². The third-order valence-corrected chi connectivity index (χ3v) is 2.40. The van der Waals surface area contributed by atoms with Crippen molar-refractivity contribution < 1.29 is 9.59 Å². The maximum absolute atomic E-state index is 11.7. The SMILES string of the molecule is CC(C)(C)CC(=O)C1CCCC1=O. The van der Waals surface area contributed by atoms with Crippen LogP contribution < -0.4 is 0 Å². The summed E-state index contributed by atoms with van der Waals surface area (Å²) < 4.78 is 0. The molecule has 74 valence electrons. The summed E-state index contributed by atoms with van der Waals surface area (Å²) in [5, 5.41) is 0. The van der Waals surface area contributed by atoms with Gasteiger partial charge in [-0.2, -0.15) is 0 Å². The van der Waals surface area contributed by atoms with Crippen molar-refractivity contribution in [2.24, 2.45) is 11.3 Å². The van der Waals surface area contributed by atoms with E-state index < -0.39 is 0 Å². The molecule has 1 aliphatic carbocycles. The van der Waals surface area contributed by atoms with Gasteiger partial charge in [-0.3, -0.25) is 9.59 Å². The molecule has 1 unspecified atom stereocenters. The fourth-order valence-corrected chi connectivity index (χ4v) is 1.80. The lowest BCUT2D eigenvalue weighted by Crippen LogP contribution is -2.23. The smallest absolute Gasteiger partial charge is 0.143 e. The highest BCUT2D eigenvalue weighted by atomic mass is 16.2. The zero-order valence-corrected chi connectivity index (χ0v) is 8.72. The van der Waals surface area contributed by atoms with E-state index in [0.717, 1.165) is 12.8 Å². The molecule has 0 aliphatic heterocycles. The molecule has 0 heterocycles. The van der Waals surface area contributed by atoms with Gasteiger partial charge >= 0.3 is 0 Å². The molecule has 1 rings (SSSR count). The van der Waals surface area contributed by atoms with Crippen molar-refractivity contribution >= 4 is 11.6 Å². The van der Waals surface area contributed by atoms with Gasteiger partial charge in [0.15, 0.2) is 0 Å².